The summed E-state index contributed by atoms with van der Waals surface area (Å²) in [4.78, 5) is 1.11. The van der Waals surface area contributed by atoms with Crippen LogP contribution >= 0.6 is 11.3 Å². The summed E-state index contributed by atoms with van der Waals surface area (Å²) in [6.07, 6.45) is 0.889. The molecule has 11 heavy (non-hydrogen) atoms. The summed E-state index contributed by atoms with van der Waals surface area (Å²) < 4.78 is 0. The molecule has 0 aliphatic heterocycles. The van der Waals surface area contributed by atoms with Gasteiger partial charge in [0.1, 0.15) is 0 Å². The Morgan fingerprint density at radius 3 is 2.82 bits per heavy atom. The second-order valence-corrected chi connectivity index (χ2v) is 4.00. The summed E-state index contributed by atoms with van der Waals surface area (Å²) in [5, 5.41) is 9.71. The molecule has 0 aliphatic carbocycles. The molecule has 1 aromatic heterocycles. The maximum absolute atomic E-state index is 7.69. The van der Waals surface area contributed by atoms with E-state index in [1.807, 2.05) is 17.5 Å². The molecule has 0 aliphatic rings. The maximum atomic E-state index is 7.69. The topological polar surface area (TPSA) is 23.9 Å². The van der Waals surface area contributed by atoms with Gasteiger partial charge < -0.3 is 5.41 Å². The van der Waals surface area contributed by atoms with Crippen molar-refractivity contribution in [2.75, 3.05) is 0 Å². The summed E-state index contributed by atoms with van der Waals surface area (Å²) >= 11 is 1.65. The zero-order chi connectivity index (χ0) is 8.27. The van der Waals surface area contributed by atoms with E-state index in [0.717, 1.165) is 17.0 Å². The Balaban J connectivity index is 2.57. The summed E-state index contributed by atoms with van der Waals surface area (Å²) in [5.41, 5.74) is 0.773. The van der Waals surface area contributed by atoms with Crippen LogP contribution < -0.4 is 0 Å². The van der Waals surface area contributed by atoms with Crippen molar-refractivity contribution in [2.24, 2.45) is 5.92 Å². The first kappa shape index (κ1) is 8.47. The number of hydrogen-bond donors (Lipinski definition) is 1. The molecular formula is C9H13NS. The third kappa shape index (κ3) is 2.46. The Morgan fingerprint density at radius 2 is 2.36 bits per heavy atom. The van der Waals surface area contributed by atoms with E-state index in [2.05, 4.69) is 13.8 Å². The molecule has 0 spiro atoms. The number of rotatable bonds is 3. The van der Waals surface area contributed by atoms with Gasteiger partial charge >= 0.3 is 0 Å². The lowest BCUT2D eigenvalue weighted by molar-refractivity contribution is 0.683. The largest absolute Gasteiger partial charge is 0.304 e. The van der Waals surface area contributed by atoms with Crippen LogP contribution in [0.3, 0.4) is 0 Å². The van der Waals surface area contributed by atoms with Gasteiger partial charge in [-0.15, -0.1) is 11.3 Å². The quantitative estimate of drug-likeness (QED) is 0.669. The summed E-state index contributed by atoms with van der Waals surface area (Å²) in [7, 11) is 0. The lowest BCUT2D eigenvalue weighted by atomic mass is 10.1. The zero-order valence-electron chi connectivity index (χ0n) is 6.92. The summed E-state index contributed by atoms with van der Waals surface area (Å²) in [6.45, 7) is 4.28. The molecule has 0 saturated heterocycles. The van der Waals surface area contributed by atoms with Crippen LogP contribution in [0.25, 0.3) is 0 Å². The number of hydrogen-bond acceptors (Lipinski definition) is 2. The van der Waals surface area contributed by atoms with Crippen LogP contribution in [0.4, 0.5) is 0 Å². The van der Waals surface area contributed by atoms with E-state index in [9.17, 15) is 0 Å². The highest BCUT2D eigenvalue weighted by molar-refractivity contribution is 7.12. The van der Waals surface area contributed by atoms with Crippen LogP contribution in [0.1, 0.15) is 25.1 Å². The lowest BCUT2D eigenvalue weighted by Crippen LogP contribution is -2.00. The lowest BCUT2D eigenvalue weighted by Gasteiger charge is -2.03. The van der Waals surface area contributed by atoms with E-state index in [0.29, 0.717) is 5.92 Å². The molecule has 0 bridgehead atoms. The van der Waals surface area contributed by atoms with E-state index in [1.165, 1.54) is 0 Å². The predicted molar refractivity (Wildman–Crippen MR) is 50.6 cm³/mol. The first-order valence-corrected chi connectivity index (χ1v) is 4.69. The Morgan fingerprint density at radius 1 is 1.64 bits per heavy atom. The maximum Gasteiger partial charge on any atom is 0.0488 e. The van der Waals surface area contributed by atoms with Gasteiger partial charge in [0.15, 0.2) is 0 Å². The molecule has 0 radical (unpaired) electrons. The predicted octanol–water partition coefficient (Wildman–Crippen LogP) is 3.16. The fourth-order valence-corrected chi connectivity index (χ4v) is 1.65. The van der Waals surface area contributed by atoms with E-state index >= 15 is 0 Å². The van der Waals surface area contributed by atoms with Gasteiger partial charge in [0.2, 0.25) is 0 Å². The minimum Gasteiger partial charge on any atom is -0.304 e. The van der Waals surface area contributed by atoms with Gasteiger partial charge in [-0.05, 0) is 23.8 Å². The highest BCUT2D eigenvalue weighted by Gasteiger charge is 2.03. The average Bonchev–Trinajstić information content (AvgIpc) is 2.35. The molecule has 1 heterocycles. The Kier molecular flexibility index (Phi) is 2.83. The highest BCUT2D eigenvalue weighted by Crippen LogP contribution is 2.13. The molecule has 1 rings (SSSR count). The molecule has 2 heteroatoms. The van der Waals surface area contributed by atoms with E-state index < -0.39 is 0 Å². The fraction of sp³-hybridized carbons (Fsp3) is 0.444. The molecule has 0 atom stereocenters. The Labute approximate surface area is 71.6 Å². The molecule has 0 unspecified atom stereocenters. The molecule has 0 amide bonds. The smallest absolute Gasteiger partial charge is 0.0488 e. The van der Waals surface area contributed by atoms with Crippen molar-refractivity contribution in [2.45, 2.75) is 20.3 Å². The molecule has 1 aromatic rings. The van der Waals surface area contributed by atoms with Crippen LogP contribution in [0, 0.1) is 11.3 Å². The minimum absolute atomic E-state index is 0.588. The molecule has 60 valence electrons. The third-order valence-corrected chi connectivity index (χ3v) is 2.36. The van der Waals surface area contributed by atoms with Crippen LogP contribution in [0.2, 0.25) is 0 Å². The van der Waals surface area contributed by atoms with Crippen molar-refractivity contribution in [3.8, 4) is 0 Å². The van der Waals surface area contributed by atoms with Crippen LogP contribution in [-0.2, 0) is 0 Å². The van der Waals surface area contributed by atoms with Crippen molar-refractivity contribution in [3.63, 3.8) is 0 Å². The van der Waals surface area contributed by atoms with Gasteiger partial charge in [-0.25, -0.2) is 0 Å². The van der Waals surface area contributed by atoms with Crippen LogP contribution in [-0.4, -0.2) is 5.71 Å². The van der Waals surface area contributed by atoms with Gasteiger partial charge in [0.25, 0.3) is 0 Å². The zero-order valence-corrected chi connectivity index (χ0v) is 7.74. The Hall–Kier alpha value is -0.630. The van der Waals surface area contributed by atoms with Crippen LogP contribution in [0.5, 0.6) is 0 Å². The Bertz CT molecular complexity index is 224. The van der Waals surface area contributed by atoms with E-state index in [-0.39, 0.29) is 0 Å². The SMILES string of the molecule is CC(C)CC(=N)c1cccs1. The first-order chi connectivity index (χ1) is 5.20. The first-order valence-electron chi connectivity index (χ1n) is 3.81. The van der Waals surface area contributed by atoms with Crippen molar-refractivity contribution in [3.05, 3.63) is 22.4 Å². The van der Waals surface area contributed by atoms with Gasteiger partial charge in [-0.2, -0.15) is 0 Å². The van der Waals surface area contributed by atoms with Gasteiger partial charge in [0, 0.05) is 10.6 Å². The molecule has 0 fully saturated rings. The average molecular weight is 167 g/mol. The summed E-state index contributed by atoms with van der Waals surface area (Å²) in [6, 6.07) is 4.00. The molecule has 0 saturated carbocycles. The molecule has 0 aromatic carbocycles. The van der Waals surface area contributed by atoms with Crippen molar-refractivity contribution in [1.29, 1.82) is 5.41 Å². The van der Waals surface area contributed by atoms with Crippen LogP contribution in [0.15, 0.2) is 17.5 Å². The van der Waals surface area contributed by atoms with E-state index in [4.69, 9.17) is 5.41 Å². The van der Waals surface area contributed by atoms with Crippen molar-refractivity contribution >= 4 is 17.0 Å². The van der Waals surface area contributed by atoms with E-state index in [1.54, 1.807) is 11.3 Å². The third-order valence-electron chi connectivity index (χ3n) is 1.43. The highest BCUT2D eigenvalue weighted by atomic mass is 32.1. The van der Waals surface area contributed by atoms with Gasteiger partial charge in [-0.1, -0.05) is 19.9 Å². The second-order valence-electron chi connectivity index (χ2n) is 3.05. The summed E-state index contributed by atoms with van der Waals surface area (Å²) in [5.74, 6) is 0.588. The number of thiophene rings is 1. The molecule has 1 N–H and O–H groups in total. The molecular weight excluding hydrogens is 154 g/mol. The standard InChI is InChI=1S/C9H13NS/c1-7(2)6-8(10)9-4-3-5-11-9/h3-5,7,10H,6H2,1-2H3. The minimum atomic E-state index is 0.588. The molecule has 1 nitrogen and oxygen atoms in total. The van der Waals surface area contributed by atoms with Crippen molar-refractivity contribution < 1.29 is 0 Å². The number of nitrogens with one attached hydrogen (secondary N) is 1. The van der Waals surface area contributed by atoms with Gasteiger partial charge in [0.05, 0.1) is 0 Å². The fourth-order valence-electron chi connectivity index (χ4n) is 0.959. The second kappa shape index (κ2) is 3.67. The van der Waals surface area contributed by atoms with Gasteiger partial charge in [-0.3, -0.25) is 0 Å². The van der Waals surface area contributed by atoms with Crippen molar-refractivity contribution in [1.82, 2.24) is 0 Å². The monoisotopic (exact) mass is 167 g/mol. The normalized spacial score (nSPS) is 10.5.